The fourth-order valence-electron chi connectivity index (χ4n) is 2.43. The fraction of sp³-hybridized carbons (Fsp3) is 0.500. The van der Waals surface area contributed by atoms with Gasteiger partial charge in [-0.15, -0.1) is 0 Å². The van der Waals surface area contributed by atoms with Crippen LogP contribution >= 0.6 is 0 Å². The van der Waals surface area contributed by atoms with Crippen LogP contribution in [-0.4, -0.2) is 70.5 Å². The minimum atomic E-state index is -3.70. The molecule has 1 aromatic carbocycles. The molecule has 128 valence electrons. The van der Waals surface area contributed by atoms with Gasteiger partial charge in [-0.3, -0.25) is 4.79 Å². The maximum atomic E-state index is 12.8. The lowest BCUT2D eigenvalue weighted by atomic mass is 10.3. The summed E-state index contributed by atoms with van der Waals surface area (Å²) < 4.78 is 37.2. The number of hydrogen-bond acceptors (Lipinski definition) is 6. The monoisotopic (exact) mass is 343 g/mol. The molecule has 0 saturated carbocycles. The predicted molar refractivity (Wildman–Crippen MR) is 83.9 cm³/mol. The standard InChI is InChI=1S/C14H21N3O5S/c1-21-11-3-4-13(12(9-11)22-2)23(19,20)17-7-5-16(6-8-17)14(18)10-15/h3-4,9H,5-8,10,15H2,1-2H3. The van der Waals surface area contributed by atoms with Crippen LogP contribution in [-0.2, 0) is 14.8 Å². The van der Waals surface area contributed by atoms with Gasteiger partial charge in [-0.2, -0.15) is 4.31 Å². The van der Waals surface area contributed by atoms with Crippen LogP contribution in [0.25, 0.3) is 0 Å². The zero-order chi connectivity index (χ0) is 17.0. The molecule has 0 spiro atoms. The van der Waals surface area contributed by atoms with E-state index in [1.54, 1.807) is 11.0 Å². The second-order valence-corrected chi connectivity index (χ2v) is 6.91. The molecule has 1 saturated heterocycles. The Bertz CT molecular complexity index is 669. The van der Waals surface area contributed by atoms with E-state index in [0.29, 0.717) is 18.8 Å². The van der Waals surface area contributed by atoms with Gasteiger partial charge in [-0.05, 0) is 12.1 Å². The van der Waals surface area contributed by atoms with Crippen molar-refractivity contribution in [3.8, 4) is 11.5 Å². The SMILES string of the molecule is COc1ccc(S(=O)(=O)N2CCN(C(=O)CN)CC2)c(OC)c1. The molecule has 0 atom stereocenters. The minimum Gasteiger partial charge on any atom is -0.497 e. The van der Waals surface area contributed by atoms with E-state index in [-0.39, 0.29) is 36.2 Å². The molecule has 0 bridgehead atoms. The van der Waals surface area contributed by atoms with Gasteiger partial charge in [0.25, 0.3) is 0 Å². The Labute approximate surface area is 135 Å². The zero-order valence-electron chi connectivity index (χ0n) is 13.2. The molecule has 0 radical (unpaired) electrons. The highest BCUT2D eigenvalue weighted by atomic mass is 32.2. The van der Waals surface area contributed by atoms with Gasteiger partial charge < -0.3 is 20.1 Å². The van der Waals surface area contributed by atoms with Crippen LogP contribution in [0, 0.1) is 0 Å². The third-order valence-electron chi connectivity index (χ3n) is 3.75. The Balaban J connectivity index is 2.21. The maximum Gasteiger partial charge on any atom is 0.246 e. The molecule has 9 heteroatoms. The highest BCUT2D eigenvalue weighted by Crippen LogP contribution is 2.30. The van der Waals surface area contributed by atoms with Crippen molar-refractivity contribution in [1.82, 2.24) is 9.21 Å². The molecule has 1 aliphatic heterocycles. The average molecular weight is 343 g/mol. The van der Waals surface area contributed by atoms with Gasteiger partial charge in [0.15, 0.2) is 0 Å². The third-order valence-corrected chi connectivity index (χ3v) is 5.69. The van der Waals surface area contributed by atoms with Crippen molar-refractivity contribution in [2.75, 3.05) is 46.9 Å². The zero-order valence-corrected chi connectivity index (χ0v) is 14.0. The molecule has 0 aromatic heterocycles. The summed E-state index contributed by atoms with van der Waals surface area (Å²) in [4.78, 5) is 13.2. The van der Waals surface area contributed by atoms with Gasteiger partial charge in [0.2, 0.25) is 15.9 Å². The number of nitrogens with zero attached hydrogens (tertiary/aromatic N) is 2. The topological polar surface area (TPSA) is 102 Å². The van der Waals surface area contributed by atoms with Crippen molar-refractivity contribution >= 4 is 15.9 Å². The van der Waals surface area contributed by atoms with Crippen molar-refractivity contribution in [3.05, 3.63) is 18.2 Å². The predicted octanol–water partition coefficient (Wildman–Crippen LogP) is -0.505. The molecule has 2 rings (SSSR count). The van der Waals surface area contributed by atoms with Crippen LogP contribution in [0.5, 0.6) is 11.5 Å². The van der Waals surface area contributed by atoms with Crippen molar-refractivity contribution in [2.45, 2.75) is 4.90 Å². The quantitative estimate of drug-likeness (QED) is 0.773. The molecule has 23 heavy (non-hydrogen) atoms. The Kier molecular flexibility index (Phi) is 5.45. The summed E-state index contributed by atoms with van der Waals surface area (Å²) in [6, 6.07) is 4.56. The van der Waals surface area contributed by atoms with Gasteiger partial charge in [0.05, 0.1) is 20.8 Å². The van der Waals surface area contributed by atoms with E-state index in [2.05, 4.69) is 0 Å². The second-order valence-electron chi connectivity index (χ2n) is 5.01. The fourth-order valence-corrected chi connectivity index (χ4v) is 3.99. The van der Waals surface area contributed by atoms with E-state index >= 15 is 0 Å². The Morgan fingerprint density at radius 2 is 1.83 bits per heavy atom. The summed E-state index contributed by atoms with van der Waals surface area (Å²) in [5.74, 6) is 0.563. The number of methoxy groups -OCH3 is 2. The summed E-state index contributed by atoms with van der Waals surface area (Å²) in [7, 11) is -0.797. The van der Waals surface area contributed by atoms with E-state index in [4.69, 9.17) is 15.2 Å². The van der Waals surface area contributed by atoms with Crippen LogP contribution < -0.4 is 15.2 Å². The summed E-state index contributed by atoms with van der Waals surface area (Å²) in [5, 5.41) is 0. The summed E-state index contributed by atoms with van der Waals surface area (Å²) in [6.07, 6.45) is 0. The first kappa shape index (κ1) is 17.5. The lowest BCUT2D eigenvalue weighted by molar-refractivity contribution is -0.130. The van der Waals surface area contributed by atoms with Gasteiger partial charge in [0, 0.05) is 32.2 Å². The molecular weight excluding hydrogens is 322 g/mol. The smallest absolute Gasteiger partial charge is 0.246 e. The van der Waals surface area contributed by atoms with Crippen molar-refractivity contribution < 1.29 is 22.7 Å². The number of nitrogens with two attached hydrogens (primary N) is 1. The van der Waals surface area contributed by atoms with Crippen LogP contribution in [0.4, 0.5) is 0 Å². The van der Waals surface area contributed by atoms with Gasteiger partial charge in [0.1, 0.15) is 16.4 Å². The highest BCUT2D eigenvalue weighted by molar-refractivity contribution is 7.89. The third kappa shape index (κ3) is 3.57. The highest BCUT2D eigenvalue weighted by Gasteiger charge is 2.31. The normalized spacial score (nSPS) is 16.2. The van der Waals surface area contributed by atoms with Crippen LogP contribution in [0.3, 0.4) is 0 Å². The molecule has 1 fully saturated rings. The van der Waals surface area contributed by atoms with E-state index in [9.17, 15) is 13.2 Å². The minimum absolute atomic E-state index is 0.0704. The van der Waals surface area contributed by atoms with Crippen molar-refractivity contribution in [1.29, 1.82) is 0 Å². The number of piperazine rings is 1. The van der Waals surface area contributed by atoms with Crippen LogP contribution in [0.1, 0.15) is 0 Å². The Morgan fingerprint density at radius 3 is 2.35 bits per heavy atom. The molecule has 2 N–H and O–H groups in total. The van der Waals surface area contributed by atoms with Crippen molar-refractivity contribution in [3.63, 3.8) is 0 Å². The lowest BCUT2D eigenvalue weighted by Crippen LogP contribution is -2.51. The van der Waals surface area contributed by atoms with Gasteiger partial charge in [-0.1, -0.05) is 0 Å². The summed E-state index contributed by atoms with van der Waals surface area (Å²) in [5.41, 5.74) is 5.33. The summed E-state index contributed by atoms with van der Waals surface area (Å²) in [6.45, 7) is 1.03. The average Bonchev–Trinajstić information content (AvgIpc) is 2.60. The van der Waals surface area contributed by atoms with Gasteiger partial charge >= 0.3 is 0 Å². The number of carbonyl (C=O) groups excluding carboxylic acids is 1. The molecule has 1 aromatic rings. The van der Waals surface area contributed by atoms with E-state index in [1.807, 2.05) is 0 Å². The molecule has 1 heterocycles. The van der Waals surface area contributed by atoms with E-state index in [1.165, 1.54) is 30.7 Å². The molecule has 0 unspecified atom stereocenters. The summed E-state index contributed by atoms with van der Waals surface area (Å²) >= 11 is 0. The number of sulfonamides is 1. The van der Waals surface area contributed by atoms with Crippen LogP contribution in [0.2, 0.25) is 0 Å². The lowest BCUT2D eigenvalue weighted by Gasteiger charge is -2.34. The van der Waals surface area contributed by atoms with E-state index in [0.717, 1.165) is 0 Å². The number of amides is 1. The van der Waals surface area contributed by atoms with E-state index < -0.39 is 10.0 Å². The first-order chi connectivity index (χ1) is 10.9. The molecule has 1 amide bonds. The number of carbonyl (C=O) groups is 1. The van der Waals surface area contributed by atoms with Crippen molar-refractivity contribution in [2.24, 2.45) is 5.73 Å². The van der Waals surface area contributed by atoms with Crippen LogP contribution in [0.15, 0.2) is 23.1 Å². The number of hydrogen-bond donors (Lipinski definition) is 1. The number of ether oxygens (including phenoxy) is 2. The Hall–Kier alpha value is -1.84. The number of rotatable bonds is 5. The largest absolute Gasteiger partial charge is 0.497 e. The molecule has 8 nitrogen and oxygen atoms in total. The Morgan fingerprint density at radius 1 is 1.17 bits per heavy atom. The van der Waals surface area contributed by atoms with Gasteiger partial charge in [-0.25, -0.2) is 8.42 Å². The first-order valence-corrected chi connectivity index (χ1v) is 8.58. The second kappa shape index (κ2) is 7.16. The molecular formula is C14H21N3O5S. The molecule has 1 aliphatic rings. The maximum absolute atomic E-state index is 12.8. The first-order valence-electron chi connectivity index (χ1n) is 7.14. The molecule has 0 aliphatic carbocycles. The number of benzene rings is 1.